The maximum Gasteiger partial charge on any atom is 0.224 e. The van der Waals surface area contributed by atoms with Gasteiger partial charge in [0.05, 0.1) is 12.5 Å². The Labute approximate surface area is 150 Å². The van der Waals surface area contributed by atoms with E-state index in [0.29, 0.717) is 18.9 Å². The number of hydrogen-bond acceptors (Lipinski definition) is 2. The number of rotatable bonds is 6. The lowest BCUT2D eigenvalue weighted by Gasteiger charge is -2.26. The third-order valence-electron chi connectivity index (χ3n) is 5.13. The molecule has 0 aliphatic heterocycles. The molecular formula is C22H27NO2. The highest BCUT2D eigenvalue weighted by atomic mass is 16.3. The Morgan fingerprint density at radius 1 is 0.960 bits per heavy atom. The second-order valence-corrected chi connectivity index (χ2v) is 7.01. The smallest absolute Gasteiger partial charge is 0.224 e. The molecule has 25 heavy (non-hydrogen) atoms. The molecule has 2 N–H and O–H groups in total. The minimum atomic E-state index is -0.412. The van der Waals surface area contributed by atoms with Crippen molar-refractivity contribution in [1.82, 2.24) is 5.32 Å². The average Bonchev–Trinajstić information content (AvgIpc) is 2.68. The van der Waals surface area contributed by atoms with Crippen molar-refractivity contribution < 1.29 is 9.90 Å². The van der Waals surface area contributed by atoms with E-state index in [1.807, 2.05) is 30.3 Å². The van der Waals surface area contributed by atoms with Crippen LogP contribution in [0, 0.1) is 5.92 Å². The molecule has 3 nitrogen and oxygen atoms in total. The number of carbonyl (C=O) groups is 1. The maximum absolute atomic E-state index is 12.1. The molecule has 1 unspecified atom stereocenters. The Morgan fingerprint density at radius 3 is 2.28 bits per heavy atom. The molecule has 1 fully saturated rings. The molecule has 2 aromatic carbocycles. The van der Waals surface area contributed by atoms with Gasteiger partial charge in [-0.3, -0.25) is 4.79 Å². The monoisotopic (exact) mass is 337 g/mol. The fraction of sp³-hybridized carbons (Fsp3) is 0.409. The van der Waals surface area contributed by atoms with Gasteiger partial charge in [0.2, 0.25) is 5.91 Å². The molecule has 0 aromatic heterocycles. The fourth-order valence-electron chi connectivity index (χ4n) is 3.60. The first-order chi connectivity index (χ1) is 12.2. The van der Waals surface area contributed by atoms with Crippen molar-refractivity contribution in [2.24, 2.45) is 5.92 Å². The van der Waals surface area contributed by atoms with Crippen LogP contribution in [0.1, 0.15) is 37.7 Å². The third-order valence-corrected chi connectivity index (χ3v) is 5.13. The van der Waals surface area contributed by atoms with E-state index in [0.717, 1.165) is 24.0 Å². The Kier molecular flexibility index (Phi) is 6.24. The summed E-state index contributed by atoms with van der Waals surface area (Å²) in [5, 5.41) is 13.1. The van der Waals surface area contributed by atoms with Crippen molar-refractivity contribution in [3.63, 3.8) is 0 Å². The zero-order valence-corrected chi connectivity index (χ0v) is 14.7. The second kappa shape index (κ2) is 8.82. The van der Waals surface area contributed by atoms with Gasteiger partial charge in [-0.25, -0.2) is 0 Å². The molecule has 1 aliphatic carbocycles. The summed E-state index contributed by atoms with van der Waals surface area (Å²) in [6.45, 7) is 0.367. The molecule has 0 spiro atoms. The molecule has 1 amide bonds. The van der Waals surface area contributed by atoms with Gasteiger partial charge in [0.1, 0.15) is 0 Å². The van der Waals surface area contributed by atoms with Gasteiger partial charge in [-0.15, -0.1) is 0 Å². The van der Waals surface area contributed by atoms with Crippen LogP contribution in [0.5, 0.6) is 0 Å². The van der Waals surface area contributed by atoms with Gasteiger partial charge in [-0.2, -0.15) is 0 Å². The first kappa shape index (κ1) is 17.7. The zero-order valence-electron chi connectivity index (χ0n) is 14.7. The van der Waals surface area contributed by atoms with Gasteiger partial charge < -0.3 is 10.4 Å². The van der Waals surface area contributed by atoms with E-state index in [1.54, 1.807) is 0 Å². The SMILES string of the molecule is O=C(Cc1ccc(-c2ccccc2)cc1)NCC(O)C1CCCCC1. The molecule has 1 atom stereocenters. The minimum absolute atomic E-state index is 0.0256. The summed E-state index contributed by atoms with van der Waals surface area (Å²) >= 11 is 0. The Bertz CT molecular complexity index is 660. The number of aliphatic hydroxyl groups excluding tert-OH is 1. The quantitative estimate of drug-likeness (QED) is 0.838. The Morgan fingerprint density at radius 2 is 1.60 bits per heavy atom. The highest BCUT2D eigenvalue weighted by Crippen LogP contribution is 2.26. The van der Waals surface area contributed by atoms with Crippen LogP contribution in [0.4, 0.5) is 0 Å². The van der Waals surface area contributed by atoms with Crippen molar-refractivity contribution in [1.29, 1.82) is 0 Å². The van der Waals surface area contributed by atoms with Crippen LogP contribution in [0.2, 0.25) is 0 Å². The van der Waals surface area contributed by atoms with E-state index in [4.69, 9.17) is 0 Å². The molecule has 0 bridgehead atoms. The van der Waals surface area contributed by atoms with Gasteiger partial charge in [-0.05, 0) is 35.4 Å². The lowest BCUT2D eigenvalue weighted by atomic mass is 9.85. The third kappa shape index (κ3) is 5.17. The Balaban J connectivity index is 1.47. The largest absolute Gasteiger partial charge is 0.391 e. The first-order valence-electron chi connectivity index (χ1n) is 9.31. The predicted octanol–water partition coefficient (Wildman–Crippen LogP) is 3.95. The molecule has 1 saturated carbocycles. The van der Waals surface area contributed by atoms with Gasteiger partial charge in [0, 0.05) is 6.54 Å². The van der Waals surface area contributed by atoms with Crippen LogP contribution in [0.3, 0.4) is 0 Å². The highest BCUT2D eigenvalue weighted by Gasteiger charge is 2.21. The lowest BCUT2D eigenvalue weighted by Crippen LogP contribution is -2.37. The van der Waals surface area contributed by atoms with Crippen LogP contribution in [-0.2, 0) is 11.2 Å². The predicted molar refractivity (Wildman–Crippen MR) is 101 cm³/mol. The van der Waals surface area contributed by atoms with Crippen molar-refractivity contribution in [3.8, 4) is 11.1 Å². The van der Waals surface area contributed by atoms with Crippen molar-refractivity contribution >= 4 is 5.91 Å². The minimum Gasteiger partial charge on any atom is -0.391 e. The summed E-state index contributed by atoms with van der Waals surface area (Å²) in [5.74, 6) is 0.321. The molecule has 0 radical (unpaired) electrons. The number of hydrogen-bond donors (Lipinski definition) is 2. The summed E-state index contributed by atoms with van der Waals surface area (Å²) in [6.07, 6.45) is 5.77. The van der Waals surface area contributed by atoms with Gasteiger partial charge in [0.25, 0.3) is 0 Å². The lowest BCUT2D eigenvalue weighted by molar-refractivity contribution is -0.121. The van der Waals surface area contributed by atoms with Crippen LogP contribution in [-0.4, -0.2) is 23.7 Å². The first-order valence-corrected chi connectivity index (χ1v) is 9.31. The van der Waals surface area contributed by atoms with Crippen molar-refractivity contribution in [2.45, 2.75) is 44.6 Å². The van der Waals surface area contributed by atoms with E-state index < -0.39 is 6.10 Å². The standard InChI is InChI=1S/C22H27NO2/c24-21(20-9-5-2-6-10-20)16-23-22(25)15-17-11-13-19(14-12-17)18-7-3-1-4-8-18/h1,3-4,7-8,11-14,20-21,24H,2,5-6,9-10,15-16H2,(H,23,25). The summed E-state index contributed by atoms with van der Waals surface area (Å²) in [7, 11) is 0. The average molecular weight is 337 g/mol. The summed E-state index contributed by atoms with van der Waals surface area (Å²) in [6, 6.07) is 18.3. The van der Waals surface area contributed by atoms with Gasteiger partial charge in [0.15, 0.2) is 0 Å². The number of nitrogens with one attached hydrogen (secondary N) is 1. The molecule has 2 aromatic rings. The normalized spacial score (nSPS) is 16.4. The molecule has 3 heteroatoms. The van der Waals surface area contributed by atoms with Gasteiger partial charge in [-0.1, -0.05) is 73.9 Å². The van der Waals surface area contributed by atoms with E-state index in [2.05, 4.69) is 29.6 Å². The summed E-state index contributed by atoms with van der Waals surface area (Å²) < 4.78 is 0. The molecule has 0 heterocycles. The van der Waals surface area contributed by atoms with Crippen molar-refractivity contribution in [2.75, 3.05) is 6.54 Å². The van der Waals surface area contributed by atoms with Gasteiger partial charge >= 0.3 is 0 Å². The zero-order chi connectivity index (χ0) is 17.5. The van der Waals surface area contributed by atoms with E-state index >= 15 is 0 Å². The molecule has 1 aliphatic rings. The highest BCUT2D eigenvalue weighted by molar-refractivity contribution is 5.78. The number of aliphatic hydroxyl groups is 1. The molecule has 0 saturated heterocycles. The molecule has 132 valence electrons. The van der Waals surface area contributed by atoms with E-state index in [1.165, 1.54) is 24.8 Å². The second-order valence-electron chi connectivity index (χ2n) is 7.01. The molecular weight excluding hydrogens is 310 g/mol. The number of amides is 1. The van der Waals surface area contributed by atoms with E-state index in [9.17, 15) is 9.90 Å². The number of carbonyl (C=O) groups excluding carboxylic acids is 1. The van der Waals surface area contributed by atoms with Crippen molar-refractivity contribution in [3.05, 3.63) is 60.2 Å². The Hall–Kier alpha value is -2.13. The number of benzene rings is 2. The van der Waals surface area contributed by atoms with Crippen LogP contribution in [0.15, 0.2) is 54.6 Å². The maximum atomic E-state index is 12.1. The summed E-state index contributed by atoms with van der Waals surface area (Å²) in [4.78, 5) is 12.1. The fourth-order valence-corrected chi connectivity index (χ4v) is 3.60. The van der Waals surface area contributed by atoms with Crippen LogP contribution in [0.25, 0.3) is 11.1 Å². The topological polar surface area (TPSA) is 49.3 Å². The van der Waals surface area contributed by atoms with Crippen LogP contribution >= 0.6 is 0 Å². The van der Waals surface area contributed by atoms with Crippen LogP contribution < -0.4 is 5.32 Å². The van der Waals surface area contributed by atoms with E-state index in [-0.39, 0.29) is 5.91 Å². The molecule has 3 rings (SSSR count). The summed E-state index contributed by atoms with van der Waals surface area (Å²) in [5.41, 5.74) is 3.32.